The van der Waals surface area contributed by atoms with Crippen molar-refractivity contribution in [2.75, 3.05) is 0 Å². The minimum atomic E-state index is -3.99. The van der Waals surface area contributed by atoms with Gasteiger partial charge < -0.3 is 5.11 Å². The first-order valence-electron chi connectivity index (χ1n) is 9.23. The maximum Gasteiger partial charge on any atom is 0.325 e. The zero-order valence-electron chi connectivity index (χ0n) is 15.7. The molecule has 0 amide bonds. The van der Waals surface area contributed by atoms with Crippen molar-refractivity contribution in [3.63, 3.8) is 0 Å². The van der Waals surface area contributed by atoms with Crippen LogP contribution in [-0.2, 0) is 21.2 Å². The second kappa shape index (κ2) is 7.37. The van der Waals surface area contributed by atoms with Crippen molar-refractivity contribution < 1.29 is 18.3 Å². The van der Waals surface area contributed by atoms with Gasteiger partial charge in [0.1, 0.15) is 5.54 Å². The fourth-order valence-electron chi connectivity index (χ4n) is 3.45. The Hall–Kier alpha value is -2.55. The molecule has 150 valence electrons. The Bertz CT molecular complexity index is 1140. The standard InChI is InChI=1S/C21H20N2O4S2/c1-2-19-22-18(13-28-19)15-8-10-16(11-9-15)29(26,27)23-21(20(24)25)12-17(21)14-6-4-3-5-7-14/h3-11,13,17,23H,2,12H2,1H3,(H,24,25)/t17-,21?/m0/s1. The lowest BCUT2D eigenvalue weighted by atomic mass is 10.1. The summed E-state index contributed by atoms with van der Waals surface area (Å²) in [5.41, 5.74) is 0.922. The summed E-state index contributed by atoms with van der Waals surface area (Å²) in [6.45, 7) is 2.03. The summed E-state index contributed by atoms with van der Waals surface area (Å²) < 4.78 is 28.2. The van der Waals surface area contributed by atoms with Gasteiger partial charge in [0.05, 0.1) is 15.6 Å². The van der Waals surface area contributed by atoms with Gasteiger partial charge in [0.25, 0.3) is 0 Å². The van der Waals surface area contributed by atoms with E-state index in [0.717, 1.165) is 28.2 Å². The minimum absolute atomic E-state index is 0.0338. The van der Waals surface area contributed by atoms with Crippen LogP contribution in [0.15, 0.2) is 64.9 Å². The topological polar surface area (TPSA) is 96.4 Å². The van der Waals surface area contributed by atoms with Crippen molar-refractivity contribution in [1.82, 2.24) is 9.71 Å². The first-order chi connectivity index (χ1) is 13.9. The molecule has 0 spiro atoms. The van der Waals surface area contributed by atoms with Crippen molar-refractivity contribution >= 4 is 27.3 Å². The second-order valence-electron chi connectivity index (χ2n) is 7.05. The summed E-state index contributed by atoms with van der Waals surface area (Å²) in [7, 11) is -3.99. The van der Waals surface area contributed by atoms with Gasteiger partial charge >= 0.3 is 5.97 Å². The number of aromatic nitrogens is 1. The lowest BCUT2D eigenvalue weighted by molar-refractivity contribution is -0.140. The number of hydrogen-bond acceptors (Lipinski definition) is 5. The molecule has 1 heterocycles. The van der Waals surface area contributed by atoms with E-state index in [1.165, 1.54) is 12.1 Å². The van der Waals surface area contributed by atoms with E-state index in [1.54, 1.807) is 23.5 Å². The maximum absolute atomic E-state index is 12.9. The van der Waals surface area contributed by atoms with Crippen LogP contribution in [0.4, 0.5) is 0 Å². The van der Waals surface area contributed by atoms with Crippen molar-refractivity contribution in [2.45, 2.75) is 36.1 Å². The molecular formula is C21H20N2O4S2. The van der Waals surface area contributed by atoms with Crippen molar-refractivity contribution in [3.8, 4) is 11.3 Å². The third-order valence-corrected chi connectivity index (χ3v) is 7.69. The largest absolute Gasteiger partial charge is 0.480 e. The maximum atomic E-state index is 12.9. The Balaban J connectivity index is 1.57. The monoisotopic (exact) mass is 428 g/mol. The highest BCUT2D eigenvalue weighted by molar-refractivity contribution is 7.89. The Morgan fingerprint density at radius 2 is 1.90 bits per heavy atom. The van der Waals surface area contributed by atoms with Gasteiger partial charge in [-0.1, -0.05) is 49.4 Å². The summed E-state index contributed by atoms with van der Waals surface area (Å²) in [4.78, 5) is 16.4. The highest BCUT2D eigenvalue weighted by Crippen LogP contribution is 2.52. The SMILES string of the molecule is CCc1nc(-c2ccc(S(=O)(=O)NC3(C(=O)O)C[C@H]3c3ccccc3)cc2)cs1. The molecule has 3 aromatic rings. The Kier molecular flexibility index (Phi) is 5.02. The second-order valence-corrected chi connectivity index (χ2v) is 9.68. The van der Waals surface area contributed by atoms with E-state index in [1.807, 2.05) is 42.6 Å². The molecule has 1 fully saturated rings. The number of carboxylic acids is 1. The minimum Gasteiger partial charge on any atom is -0.480 e. The molecule has 0 radical (unpaired) electrons. The van der Waals surface area contributed by atoms with Crippen molar-refractivity contribution in [1.29, 1.82) is 0 Å². The number of sulfonamides is 1. The molecular weight excluding hydrogens is 408 g/mol. The number of nitrogens with zero attached hydrogens (tertiary/aromatic N) is 1. The molecule has 4 rings (SSSR count). The molecule has 0 aliphatic heterocycles. The quantitative estimate of drug-likeness (QED) is 0.599. The molecule has 2 aromatic carbocycles. The van der Waals surface area contributed by atoms with Gasteiger partial charge in [0.2, 0.25) is 10.0 Å². The molecule has 6 nitrogen and oxygen atoms in total. The molecule has 1 aromatic heterocycles. The molecule has 1 unspecified atom stereocenters. The van der Waals surface area contributed by atoms with E-state index >= 15 is 0 Å². The van der Waals surface area contributed by atoms with E-state index in [-0.39, 0.29) is 11.3 Å². The van der Waals surface area contributed by atoms with Crippen LogP contribution in [0.3, 0.4) is 0 Å². The Morgan fingerprint density at radius 3 is 2.48 bits per heavy atom. The lowest BCUT2D eigenvalue weighted by Gasteiger charge is -2.15. The number of benzene rings is 2. The van der Waals surface area contributed by atoms with Crippen LogP contribution < -0.4 is 4.72 Å². The summed E-state index contributed by atoms with van der Waals surface area (Å²) in [5.74, 6) is -1.56. The van der Waals surface area contributed by atoms with Crippen LogP contribution in [0.2, 0.25) is 0 Å². The Morgan fingerprint density at radius 1 is 1.21 bits per heavy atom. The van der Waals surface area contributed by atoms with Gasteiger partial charge in [-0.05, 0) is 30.5 Å². The van der Waals surface area contributed by atoms with Crippen molar-refractivity contribution in [3.05, 3.63) is 70.5 Å². The molecule has 8 heteroatoms. The molecule has 0 bridgehead atoms. The summed E-state index contributed by atoms with van der Waals surface area (Å²) in [6, 6.07) is 15.5. The van der Waals surface area contributed by atoms with Crippen molar-refractivity contribution in [2.24, 2.45) is 0 Å². The highest BCUT2D eigenvalue weighted by Gasteiger charge is 2.63. The van der Waals surface area contributed by atoms with E-state index in [4.69, 9.17) is 0 Å². The normalized spacial score (nSPS) is 21.1. The highest BCUT2D eigenvalue weighted by atomic mass is 32.2. The number of nitrogens with one attached hydrogen (secondary N) is 1. The van der Waals surface area contributed by atoms with Crippen LogP contribution in [0, 0.1) is 0 Å². The smallest absolute Gasteiger partial charge is 0.325 e. The molecule has 2 atom stereocenters. The first kappa shape index (κ1) is 19.8. The number of carbonyl (C=O) groups is 1. The van der Waals surface area contributed by atoms with Gasteiger partial charge in [-0.15, -0.1) is 11.3 Å². The molecule has 29 heavy (non-hydrogen) atoms. The fourth-order valence-corrected chi connectivity index (χ4v) is 5.61. The summed E-state index contributed by atoms with van der Waals surface area (Å²) in [6.07, 6.45) is 1.07. The van der Waals surface area contributed by atoms with Gasteiger partial charge in [-0.25, -0.2) is 13.4 Å². The average Bonchev–Trinajstić information content (AvgIpc) is 3.24. The third-order valence-electron chi connectivity index (χ3n) is 5.18. The first-order valence-corrected chi connectivity index (χ1v) is 11.6. The van der Waals surface area contributed by atoms with Gasteiger partial charge in [0.15, 0.2) is 0 Å². The zero-order chi connectivity index (χ0) is 20.6. The average molecular weight is 429 g/mol. The number of aliphatic carboxylic acids is 1. The van der Waals surface area contributed by atoms with Crippen LogP contribution in [-0.4, -0.2) is 30.0 Å². The molecule has 1 aliphatic carbocycles. The van der Waals surface area contributed by atoms with Gasteiger partial charge in [-0.3, -0.25) is 4.79 Å². The predicted molar refractivity (Wildman–Crippen MR) is 111 cm³/mol. The third kappa shape index (κ3) is 3.71. The fraction of sp³-hybridized carbons (Fsp3) is 0.238. The molecule has 0 saturated heterocycles. The van der Waals surface area contributed by atoms with E-state index < -0.39 is 27.4 Å². The number of carboxylic acid groups (broad SMARTS) is 1. The Labute approximate surface area is 173 Å². The van der Waals surface area contributed by atoms with Gasteiger partial charge in [0, 0.05) is 16.9 Å². The van der Waals surface area contributed by atoms with Crippen LogP contribution in [0.1, 0.15) is 29.8 Å². The van der Waals surface area contributed by atoms with E-state index in [9.17, 15) is 18.3 Å². The van der Waals surface area contributed by atoms with E-state index in [0.29, 0.717) is 0 Å². The summed E-state index contributed by atoms with van der Waals surface area (Å²) in [5, 5.41) is 12.7. The number of thiazole rings is 1. The zero-order valence-corrected chi connectivity index (χ0v) is 17.3. The molecule has 2 N–H and O–H groups in total. The van der Waals surface area contributed by atoms with Crippen LogP contribution >= 0.6 is 11.3 Å². The number of aryl methyl sites for hydroxylation is 1. The number of hydrogen-bond donors (Lipinski definition) is 2. The summed E-state index contributed by atoms with van der Waals surface area (Å²) >= 11 is 1.56. The predicted octanol–water partition coefficient (Wildman–Crippen LogP) is 3.66. The number of rotatable bonds is 7. The molecule has 1 aliphatic rings. The molecule has 1 saturated carbocycles. The van der Waals surface area contributed by atoms with Gasteiger partial charge in [-0.2, -0.15) is 4.72 Å². The van der Waals surface area contributed by atoms with E-state index in [2.05, 4.69) is 9.71 Å². The van der Waals surface area contributed by atoms with Crippen LogP contribution in [0.25, 0.3) is 11.3 Å². The van der Waals surface area contributed by atoms with Crippen LogP contribution in [0.5, 0.6) is 0 Å². The lowest BCUT2D eigenvalue weighted by Crippen LogP contribution is -2.44.